The van der Waals surface area contributed by atoms with E-state index in [-0.39, 0.29) is 23.3 Å². The Balaban J connectivity index is 1.40. The molecule has 1 fully saturated rings. The van der Waals surface area contributed by atoms with Crippen molar-refractivity contribution in [2.45, 2.75) is 31.6 Å². The SMILES string of the molecule is O=C(CC1CCCc2ccccc21)Nc1ccc(C(=O)N2CCOCC2)c(F)c1. The van der Waals surface area contributed by atoms with Crippen LogP contribution in [0.4, 0.5) is 10.1 Å². The molecule has 1 aliphatic carbocycles. The number of morpholine rings is 1. The van der Waals surface area contributed by atoms with Gasteiger partial charge in [-0.15, -0.1) is 0 Å². The molecule has 1 unspecified atom stereocenters. The molecule has 0 bridgehead atoms. The van der Waals surface area contributed by atoms with Crippen LogP contribution < -0.4 is 5.32 Å². The van der Waals surface area contributed by atoms with Crippen LogP contribution in [0.5, 0.6) is 0 Å². The number of hydrogen-bond acceptors (Lipinski definition) is 3. The van der Waals surface area contributed by atoms with Crippen molar-refractivity contribution in [3.05, 3.63) is 65.0 Å². The second kappa shape index (κ2) is 8.74. The highest BCUT2D eigenvalue weighted by Gasteiger charge is 2.24. The number of nitrogens with one attached hydrogen (secondary N) is 1. The fourth-order valence-corrected chi connectivity index (χ4v) is 4.21. The molecule has 6 heteroatoms. The highest BCUT2D eigenvalue weighted by atomic mass is 19.1. The minimum atomic E-state index is -0.623. The van der Waals surface area contributed by atoms with Gasteiger partial charge in [-0.3, -0.25) is 9.59 Å². The summed E-state index contributed by atoms with van der Waals surface area (Å²) >= 11 is 0. The molecule has 0 spiro atoms. The van der Waals surface area contributed by atoms with Gasteiger partial charge in [-0.25, -0.2) is 4.39 Å². The van der Waals surface area contributed by atoms with Crippen LogP contribution in [0.25, 0.3) is 0 Å². The van der Waals surface area contributed by atoms with Crippen molar-refractivity contribution < 1.29 is 18.7 Å². The van der Waals surface area contributed by atoms with Gasteiger partial charge in [0, 0.05) is 25.2 Å². The zero-order valence-corrected chi connectivity index (χ0v) is 16.3. The third kappa shape index (κ3) is 4.48. The molecule has 152 valence electrons. The molecule has 2 aromatic rings. The quantitative estimate of drug-likeness (QED) is 0.856. The number of hydrogen-bond donors (Lipinski definition) is 1. The summed E-state index contributed by atoms with van der Waals surface area (Å²) in [6.45, 7) is 1.84. The van der Waals surface area contributed by atoms with Crippen LogP contribution in [0.3, 0.4) is 0 Å². The summed E-state index contributed by atoms with van der Waals surface area (Å²) in [7, 11) is 0. The molecule has 5 nitrogen and oxygen atoms in total. The Morgan fingerprint density at radius 2 is 1.93 bits per heavy atom. The van der Waals surface area contributed by atoms with Gasteiger partial charge in [0.15, 0.2) is 0 Å². The lowest BCUT2D eigenvalue weighted by Gasteiger charge is -2.27. The number of amides is 2. The Hall–Kier alpha value is -2.73. The predicted molar refractivity (Wildman–Crippen MR) is 108 cm³/mol. The van der Waals surface area contributed by atoms with Crippen LogP contribution in [0.1, 0.15) is 46.7 Å². The first-order chi connectivity index (χ1) is 14.1. The summed E-state index contributed by atoms with van der Waals surface area (Å²) in [6, 6.07) is 12.5. The number of benzene rings is 2. The lowest BCUT2D eigenvalue weighted by atomic mass is 9.81. The first kappa shape index (κ1) is 19.6. The van der Waals surface area contributed by atoms with Crippen molar-refractivity contribution in [2.24, 2.45) is 0 Å². The summed E-state index contributed by atoms with van der Waals surface area (Å²) in [5.41, 5.74) is 2.95. The van der Waals surface area contributed by atoms with Gasteiger partial charge >= 0.3 is 0 Å². The number of aryl methyl sites for hydroxylation is 1. The number of ether oxygens (including phenoxy) is 1. The summed E-state index contributed by atoms with van der Waals surface area (Å²) in [4.78, 5) is 26.6. The third-order valence-corrected chi connectivity index (χ3v) is 5.71. The molecule has 2 amide bonds. The van der Waals surface area contributed by atoms with Crippen LogP contribution in [0.15, 0.2) is 42.5 Å². The maximum absolute atomic E-state index is 14.5. The molecular formula is C23H25FN2O3. The standard InChI is InChI=1S/C23H25FN2O3/c24-21-15-18(8-9-20(21)23(28)26-10-12-29-13-11-26)25-22(27)14-17-6-3-5-16-4-1-2-7-19(16)17/h1-2,4,7-9,15,17H,3,5-6,10-14H2,(H,25,27). The fraction of sp³-hybridized carbons (Fsp3) is 0.391. The van der Waals surface area contributed by atoms with E-state index in [2.05, 4.69) is 17.4 Å². The zero-order chi connectivity index (χ0) is 20.2. The van der Waals surface area contributed by atoms with Crippen molar-refractivity contribution in [1.82, 2.24) is 4.90 Å². The maximum atomic E-state index is 14.5. The van der Waals surface area contributed by atoms with Gasteiger partial charge in [0.25, 0.3) is 5.91 Å². The second-order valence-electron chi connectivity index (χ2n) is 7.64. The predicted octanol–water partition coefficient (Wildman–Crippen LogP) is 3.75. The number of carbonyl (C=O) groups is 2. The smallest absolute Gasteiger partial charge is 0.256 e. The molecule has 4 rings (SSSR count). The van der Waals surface area contributed by atoms with Crippen molar-refractivity contribution in [2.75, 3.05) is 31.6 Å². The molecule has 0 aromatic heterocycles. The molecule has 1 N–H and O–H groups in total. The van der Waals surface area contributed by atoms with E-state index in [1.165, 1.54) is 23.3 Å². The molecule has 2 aliphatic rings. The minimum Gasteiger partial charge on any atom is -0.378 e. The van der Waals surface area contributed by atoms with Crippen molar-refractivity contribution in [1.29, 1.82) is 0 Å². The highest BCUT2D eigenvalue weighted by molar-refractivity contribution is 5.96. The average Bonchev–Trinajstić information content (AvgIpc) is 2.74. The van der Waals surface area contributed by atoms with Gasteiger partial charge in [0.1, 0.15) is 5.82 Å². The molecule has 1 saturated heterocycles. The first-order valence-corrected chi connectivity index (χ1v) is 10.2. The number of halogens is 1. The minimum absolute atomic E-state index is 0.0195. The number of nitrogens with zero attached hydrogens (tertiary/aromatic N) is 1. The monoisotopic (exact) mass is 396 g/mol. The van der Waals surface area contributed by atoms with Gasteiger partial charge in [-0.1, -0.05) is 24.3 Å². The molecule has 1 heterocycles. The van der Waals surface area contributed by atoms with Gasteiger partial charge in [0.2, 0.25) is 5.91 Å². The number of anilines is 1. The number of fused-ring (bicyclic) bond motifs is 1. The van der Waals surface area contributed by atoms with Crippen molar-refractivity contribution >= 4 is 17.5 Å². The van der Waals surface area contributed by atoms with E-state index in [9.17, 15) is 14.0 Å². The van der Waals surface area contributed by atoms with Crippen LogP contribution in [0.2, 0.25) is 0 Å². The molecule has 0 radical (unpaired) electrons. The lowest BCUT2D eigenvalue weighted by molar-refractivity contribution is -0.116. The summed E-state index contributed by atoms with van der Waals surface area (Å²) in [5, 5.41) is 2.78. The van der Waals surface area contributed by atoms with Crippen LogP contribution in [0, 0.1) is 5.82 Å². The number of rotatable bonds is 4. The van der Waals surface area contributed by atoms with Crippen molar-refractivity contribution in [3.63, 3.8) is 0 Å². The van der Waals surface area contributed by atoms with E-state index >= 15 is 0 Å². The molecule has 2 aromatic carbocycles. The fourth-order valence-electron chi connectivity index (χ4n) is 4.21. The third-order valence-electron chi connectivity index (χ3n) is 5.71. The number of carbonyl (C=O) groups excluding carboxylic acids is 2. The van der Waals surface area contributed by atoms with E-state index in [0.29, 0.717) is 38.4 Å². The summed E-state index contributed by atoms with van der Waals surface area (Å²) in [5.74, 6) is -0.921. The van der Waals surface area contributed by atoms with E-state index in [4.69, 9.17) is 4.74 Å². The van der Waals surface area contributed by atoms with Crippen molar-refractivity contribution in [3.8, 4) is 0 Å². The first-order valence-electron chi connectivity index (χ1n) is 10.2. The van der Waals surface area contributed by atoms with E-state index in [1.807, 2.05) is 12.1 Å². The van der Waals surface area contributed by atoms with Gasteiger partial charge in [0.05, 0.1) is 18.8 Å². The van der Waals surface area contributed by atoms with Crippen LogP contribution in [-0.2, 0) is 16.0 Å². The topological polar surface area (TPSA) is 58.6 Å². The maximum Gasteiger partial charge on any atom is 0.256 e. The summed E-state index contributed by atoms with van der Waals surface area (Å²) in [6.07, 6.45) is 3.47. The average molecular weight is 396 g/mol. The molecular weight excluding hydrogens is 371 g/mol. The second-order valence-corrected chi connectivity index (χ2v) is 7.64. The molecule has 29 heavy (non-hydrogen) atoms. The van der Waals surface area contributed by atoms with E-state index < -0.39 is 5.82 Å². The molecule has 1 aliphatic heterocycles. The van der Waals surface area contributed by atoms with E-state index in [1.54, 1.807) is 11.0 Å². The largest absolute Gasteiger partial charge is 0.378 e. The Morgan fingerprint density at radius 1 is 1.14 bits per heavy atom. The van der Waals surface area contributed by atoms with Gasteiger partial charge in [-0.05, 0) is 54.5 Å². The molecule has 0 saturated carbocycles. The van der Waals surface area contributed by atoms with Crippen LogP contribution >= 0.6 is 0 Å². The highest BCUT2D eigenvalue weighted by Crippen LogP contribution is 2.34. The Morgan fingerprint density at radius 3 is 2.72 bits per heavy atom. The van der Waals surface area contributed by atoms with Crippen LogP contribution in [-0.4, -0.2) is 43.0 Å². The Labute approximate surface area is 169 Å². The summed E-state index contributed by atoms with van der Waals surface area (Å²) < 4.78 is 19.8. The van der Waals surface area contributed by atoms with Gasteiger partial charge in [-0.2, -0.15) is 0 Å². The van der Waals surface area contributed by atoms with E-state index in [0.717, 1.165) is 19.3 Å². The van der Waals surface area contributed by atoms with Gasteiger partial charge < -0.3 is 15.0 Å². The zero-order valence-electron chi connectivity index (χ0n) is 16.3. The normalized spacial score (nSPS) is 18.8. The Bertz CT molecular complexity index is 909. The Kier molecular flexibility index (Phi) is 5.90. The molecule has 1 atom stereocenters. The lowest BCUT2D eigenvalue weighted by Crippen LogP contribution is -2.41.